The molecule has 2 aliphatic heterocycles. The molecular weight excluding hydrogens is 344 g/mol. The summed E-state index contributed by atoms with van der Waals surface area (Å²) in [6.07, 6.45) is 1.91. The van der Waals surface area contributed by atoms with Crippen LogP contribution < -0.4 is 5.32 Å². The zero-order chi connectivity index (χ0) is 16.0. The Labute approximate surface area is 140 Å². The fourth-order valence-electron chi connectivity index (χ4n) is 3.45. The van der Waals surface area contributed by atoms with Crippen molar-refractivity contribution in [3.05, 3.63) is 28.2 Å². The third-order valence-electron chi connectivity index (χ3n) is 4.40. The lowest BCUT2D eigenvalue weighted by molar-refractivity contribution is 0.0147. The number of halogens is 1. The molecule has 1 unspecified atom stereocenters. The van der Waals surface area contributed by atoms with E-state index in [1.165, 1.54) is 11.3 Å². The Morgan fingerprint density at radius 2 is 2.18 bits per heavy atom. The van der Waals surface area contributed by atoms with Gasteiger partial charge in [-0.25, -0.2) is 4.79 Å². The molecule has 2 heterocycles. The zero-order valence-electron chi connectivity index (χ0n) is 13.4. The molecule has 0 bridgehead atoms. The van der Waals surface area contributed by atoms with Gasteiger partial charge in [-0.2, -0.15) is 0 Å². The molecule has 1 aromatic carbocycles. The van der Waals surface area contributed by atoms with Crippen LogP contribution in [0.15, 0.2) is 22.7 Å². The maximum atomic E-state index is 12.4. The van der Waals surface area contributed by atoms with E-state index >= 15 is 0 Å². The van der Waals surface area contributed by atoms with Crippen molar-refractivity contribution in [2.45, 2.75) is 44.6 Å². The topological polar surface area (TPSA) is 41.6 Å². The number of amides is 1. The SMILES string of the molecule is CC(C)(C)OC(=O)N1CCCC2(CNc3ccc(Br)cc32)C1. The van der Waals surface area contributed by atoms with Gasteiger partial charge in [0.2, 0.25) is 0 Å². The summed E-state index contributed by atoms with van der Waals surface area (Å²) in [6.45, 7) is 8.12. The van der Waals surface area contributed by atoms with Crippen LogP contribution in [0, 0.1) is 0 Å². The monoisotopic (exact) mass is 366 g/mol. The van der Waals surface area contributed by atoms with Crippen molar-refractivity contribution in [3.8, 4) is 0 Å². The van der Waals surface area contributed by atoms with Gasteiger partial charge < -0.3 is 15.0 Å². The fraction of sp³-hybridized carbons (Fsp3) is 0.588. The highest BCUT2D eigenvalue weighted by Gasteiger charge is 2.44. The number of likely N-dealkylation sites (tertiary alicyclic amines) is 1. The fourth-order valence-corrected chi connectivity index (χ4v) is 3.81. The Morgan fingerprint density at radius 3 is 2.91 bits per heavy atom. The predicted molar refractivity (Wildman–Crippen MR) is 91.4 cm³/mol. The first-order valence-electron chi connectivity index (χ1n) is 7.81. The highest BCUT2D eigenvalue weighted by atomic mass is 79.9. The van der Waals surface area contributed by atoms with E-state index in [0.29, 0.717) is 0 Å². The number of hydrogen-bond donors (Lipinski definition) is 1. The van der Waals surface area contributed by atoms with Crippen LogP contribution in [0.5, 0.6) is 0 Å². The summed E-state index contributed by atoms with van der Waals surface area (Å²) in [7, 11) is 0. The molecule has 1 atom stereocenters. The molecule has 1 N–H and O–H groups in total. The van der Waals surface area contributed by atoms with Gasteiger partial charge in [-0.3, -0.25) is 0 Å². The third kappa shape index (κ3) is 2.96. The van der Waals surface area contributed by atoms with Crippen molar-refractivity contribution < 1.29 is 9.53 Å². The van der Waals surface area contributed by atoms with E-state index in [-0.39, 0.29) is 11.5 Å². The van der Waals surface area contributed by atoms with Crippen LogP contribution in [0.2, 0.25) is 0 Å². The predicted octanol–water partition coefficient (Wildman–Crippen LogP) is 4.14. The summed E-state index contributed by atoms with van der Waals surface area (Å²) in [6, 6.07) is 6.35. The number of nitrogens with zero attached hydrogens (tertiary/aromatic N) is 1. The molecule has 1 amide bonds. The summed E-state index contributed by atoms with van der Waals surface area (Å²) in [5, 5.41) is 3.50. The number of fused-ring (bicyclic) bond motifs is 2. The number of ether oxygens (including phenoxy) is 1. The lowest BCUT2D eigenvalue weighted by Crippen LogP contribution is -2.50. The molecule has 3 rings (SSSR count). The van der Waals surface area contributed by atoms with Crippen LogP contribution in [-0.2, 0) is 10.2 Å². The van der Waals surface area contributed by atoms with Crippen molar-refractivity contribution in [1.82, 2.24) is 4.90 Å². The normalized spacial score (nSPS) is 24.1. The lowest BCUT2D eigenvalue weighted by Gasteiger charge is -2.40. The highest BCUT2D eigenvalue weighted by molar-refractivity contribution is 9.10. The molecule has 0 aliphatic carbocycles. The van der Waals surface area contributed by atoms with Gasteiger partial charge in [0.25, 0.3) is 0 Å². The lowest BCUT2D eigenvalue weighted by atomic mass is 9.76. The number of rotatable bonds is 0. The van der Waals surface area contributed by atoms with E-state index in [4.69, 9.17) is 4.74 Å². The number of nitrogens with one attached hydrogen (secondary N) is 1. The standard InChI is InChI=1S/C17H23BrN2O2/c1-16(2,3)22-15(21)20-8-4-7-17(11-20)10-19-14-6-5-12(18)9-13(14)17/h5-6,9,19H,4,7-8,10-11H2,1-3H3. The van der Waals surface area contributed by atoms with Crippen molar-refractivity contribution in [2.75, 3.05) is 25.0 Å². The molecule has 1 fully saturated rings. The second-order valence-corrected chi connectivity index (χ2v) is 8.24. The van der Waals surface area contributed by atoms with Crippen LogP contribution >= 0.6 is 15.9 Å². The van der Waals surface area contributed by atoms with E-state index in [2.05, 4.69) is 39.4 Å². The Bertz CT molecular complexity index is 593. The number of anilines is 1. The molecule has 120 valence electrons. The maximum Gasteiger partial charge on any atom is 0.410 e. The summed E-state index contributed by atoms with van der Waals surface area (Å²) in [4.78, 5) is 14.3. The molecule has 4 nitrogen and oxygen atoms in total. The van der Waals surface area contributed by atoms with Gasteiger partial charge in [0.1, 0.15) is 5.60 Å². The van der Waals surface area contributed by atoms with Gasteiger partial charge in [-0.15, -0.1) is 0 Å². The minimum Gasteiger partial charge on any atom is -0.444 e. The molecule has 2 aliphatic rings. The first kappa shape index (κ1) is 15.7. The highest BCUT2D eigenvalue weighted by Crippen LogP contribution is 2.44. The van der Waals surface area contributed by atoms with E-state index in [1.54, 1.807) is 0 Å². The first-order valence-corrected chi connectivity index (χ1v) is 8.60. The average Bonchev–Trinajstić information content (AvgIpc) is 2.75. The molecule has 22 heavy (non-hydrogen) atoms. The Hall–Kier alpha value is -1.23. The Kier molecular flexibility index (Phi) is 3.87. The third-order valence-corrected chi connectivity index (χ3v) is 4.89. The summed E-state index contributed by atoms with van der Waals surface area (Å²) in [5.41, 5.74) is 2.06. The quantitative estimate of drug-likeness (QED) is 0.749. The molecule has 0 saturated carbocycles. The van der Waals surface area contributed by atoms with Crippen molar-refractivity contribution in [2.24, 2.45) is 0 Å². The molecule has 5 heteroatoms. The van der Waals surface area contributed by atoms with E-state index in [9.17, 15) is 4.79 Å². The van der Waals surface area contributed by atoms with E-state index in [0.717, 1.165) is 36.9 Å². The molecule has 1 spiro atoms. The van der Waals surface area contributed by atoms with Gasteiger partial charge in [0.05, 0.1) is 0 Å². The maximum absolute atomic E-state index is 12.4. The smallest absolute Gasteiger partial charge is 0.410 e. The Balaban J connectivity index is 1.83. The molecule has 1 saturated heterocycles. The molecule has 1 aromatic rings. The van der Waals surface area contributed by atoms with Crippen LogP contribution in [-0.4, -0.2) is 36.2 Å². The average molecular weight is 367 g/mol. The first-order chi connectivity index (χ1) is 10.3. The van der Waals surface area contributed by atoms with Crippen molar-refractivity contribution in [3.63, 3.8) is 0 Å². The van der Waals surface area contributed by atoms with Crippen LogP contribution in [0.25, 0.3) is 0 Å². The van der Waals surface area contributed by atoms with Crippen molar-refractivity contribution in [1.29, 1.82) is 0 Å². The number of hydrogen-bond acceptors (Lipinski definition) is 3. The second-order valence-electron chi connectivity index (χ2n) is 7.33. The van der Waals surface area contributed by atoms with Crippen LogP contribution in [0.3, 0.4) is 0 Å². The minimum absolute atomic E-state index is 0.00820. The van der Waals surface area contributed by atoms with Gasteiger partial charge in [-0.05, 0) is 57.4 Å². The number of carbonyl (C=O) groups excluding carboxylic acids is 1. The second kappa shape index (κ2) is 5.44. The largest absolute Gasteiger partial charge is 0.444 e. The zero-order valence-corrected chi connectivity index (χ0v) is 15.0. The van der Waals surface area contributed by atoms with E-state index in [1.807, 2.05) is 25.7 Å². The van der Waals surface area contributed by atoms with Gasteiger partial charge in [0, 0.05) is 35.2 Å². The summed E-state index contributed by atoms with van der Waals surface area (Å²) in [5.74, 6) is 0. The number of benzene rings is 1. The van der Waals surface area contributed by atoms with Gasteiger partial charge >= 0.3 is 6.09 Å². The number of piperidine rings is 1. The van der Waals surface area contributed by atoms with Gasteiger partial charge in [-0.1, -0.05) is 15.9 Å². The van der Waals surface area contributed by atoms with E-state index < -0.39 is 5.60 Å². The molecule has 0 aromatic heterocycles. The van der Waals surface area contributed by atoms with Crippen LogP contribution in [0.1, 0.15) is 39.2 Å². The number of carbonyl (C=O) groups is 1. The summed E-state index contributed by atoms with van der Waals surface area (Å²) >= 11 is 3.57. The summed E-state index contributed by atoms with van der Waals surface area (Å²) < 4.78 is 6.64. The van der Waals surface area contributed by atoms with Gasteiger partial charge in [0.15, 0.2) is 0 Å². The Morgan fingerprint density at radius 1 is 1.41 bits per heavy atom. The van der Waals surface area contributed by atoms with Crippen LogP contribution in [0.4, 0.5) is 10.5 Å². The molecule has 0 radical (unpaired) electrons. The van der Waals surface area contributed by atoms with Crippen molar-refractivity contribution >= 4 is 27.7 Å². The molecular formula is C17H23BrN2O2. The minimum atomic E-state index is -0.448.